The van der Waals surface area contributed by atoms with Gasteiger partial charge in [-0.3, -0.25) is 4.79 Å². The highest BCUT2D eigenvalue weighted by atomic mass is 16.1. The van der Waals surface area contributed by atoms with Crippen molar-refractivity contribution in [3.63, 3.8) is 0 Å². The Kier molecular flexibility index (Phi) is 3.11. The molecular formula is C16H14N2O. The molecule has 1 atom stereocenters. The van der Waals surface area contributed by atoms with E-state index in [1.807, 2.05) is 60.7 Å². The van der Waals surface area contributed by atoms with Crippen LogP contribution in [0.4, 0.5) is 0 Å². The molecular weight excluding hydrogens is 236 g/mol. The van der Waals surface area contributed by atoms with Gasteiger partial charge in [-0.15, -0.1) is 0 Å². The number of benzene rings is 2. The van der Waals surface area contributed by atoms with Crippen LogP contribution < -0.4 is 5.43 Å². The Labute approximate surface area is 112 Å². The van der Waals surface area contributed by atoms with E-state index < -0.39 is 0 Å². The van der Waals surface area contributed by atoms with Crippen molar-refractivity contribution in [3.05, 3.63) is 71.8 Å². The molecule has 0 spiro atoms. The van der Waals surface area contributed by atoms with Gasteiger partial charge >= 0.3 is 0 Å². The van der Waals surface area contributed by atoms with Crippen molar-refractivity contribution in [3.8, 4) is 0 Å². The van der Waals surface area contributed by atoms with Gasteiger partial charge in [0.15, 0.2) is 0 Å². The van der Waals surface area contributed by atoms with Crippen molar-refractivity contribution in [2.45, 2.75) is 5.92 Å². The molecule has 0 aromatic heterocycles. The summed E-state index contributed by atoms with van der Waals surface area (Å²) in [6, 6.07) is 19.3. The number of rotatable bonds is 3. The summed E-state index contributed by atoms with van der Waals surface area (Å²) in [4.78, 5) is 12.5. The molecule has 3 nitrogen and oxygen atoms in total. The lowest BCUT2D eigenvalue weighted by molar-refractivity contribution is 0.106. The van der Waals surface area contributed by atoms with Gasteiger partial charge in [-0.25, -0.2) is 0 Å². The Morgan fingerprint density at radius 3 is 2.32 bits per heavy atom. The minimum absolute atomic E-state index is 0.000506. The van der Waals surface area contributed by atoms with E-state index in [9.17, 15) is 4.79 Å². The van der Waals surface area contributed by atoms with Gasteiger partial charge in [0.05, 0.1) is 5.92 Å². The zero-order chi connectivity index (χ0) is 13.1. The molecule has 0 radical (unpaired) electrons. The molecule has 1 aliphatic rings. The summed E-state index contributed by atoms with van der Waals surface area (Å²) in [5, 5.41) is 4.19. The quantitative estimate of drug-likeness (QED) is 0.851. The largest absolute Gasteiger partial charge is 0.309 e. The van der Waals surface area contributed by atoms with Crippen LogP contribution in [0, 0.1) is 0 Å². The van der Waals surface area contributed by atoms with E-state index >= 15 is 0 Å². The lowest BCUT2D eigenvalue weighted by Crippen LogP contribution is -2.21. The van der Waals surface area contributed by atoms with E-state index in [0.29, 0.717) is 17.8 Å². The number of carbonyl (C=O) groups excluding carboxylic acids is 1. The van der Waals surface area contributed by atoms with E-state index in [1.165, 1.54) is 0 Å². The van der Waals surface area contributed by atoms with Crippen molar-refractivity contribution in [2.24, 2.45) is 5.10 Å². The van der Waals surface area contributed by atoms with Crippen molar-refractivity contribution in [1.82, 2.24) is 5.43 Å². The van der Waals surface area contributed by atoms with Crippen molar-refractivity contribution in [2.75, 3.05) is 6.54 Å². The van der Waals surface area contributed by atoms with Gasteiger partial charge in [-0.05, 0) is 5.56 Å². The molecule has 0 aliphatic carbocycles. The topological polar surface area (TPSA) is 41.5 Å². The maximum absolute atomic E-state index is 12.5. The zero-order valence-electron chi connectivity index (χ0n) is 10.4. The summed E-state index contributed by atoms with van der Waals surface area (Å²) in [6.07, 6.45) is 0. The molecule has 3 heteroatoms. The van der Waals surface area contributed by atoms with E-state index in [1.54, 1.807) is 0 Å². The van der Waals surface area contributed by atoms with Gasteiger partial charge in [0, 0.05) is 12.1 Å². The fourth-order valence-electron chi connectivity index (χ4n) is 2.30. The monoisotopic (exact) mass is 250 g/mol. The second-order valence-corrected chi connectivity index (χ2v) is 4.52. The molecule has 3 rings (SSSR count). The maximum atomic E-state index is 12.5. The third-order valence-corrected chi connectivity index (χ3v) is 3.30. The van der Waals surface area contributed by atoms with Crippen molar-refractivity contribution < 1.29 is 4.79 Å². The molecule has 94 valence electrons. The van der Waals surface area contributed by atoms with Crippen LogP contribution in [0.5, 0.6) is 0 Å². The Balaban J connectivity index is 1.90. The smallest absolute Gasteiger partial charge is 0.209 e. The van der Waals surface area contributed by atoms with Gasteiger partial charge in [0.2, 0.25) is 5.78 Å². The summed E-state index contributed by atoms with van der Waals surface area (Å²) in [5.41, 5.74) is 5.34. The molecule has 0 saturated carbocycles. The van der Waals surface area contributed by atoms with Crippen molar-refractivity contribution in [1.29, 1.82) is 0 Å². The predicted octanol–water partition coefficient (Wildman–Crippen LogP) is 2.61. The molecule has 0 saturated heterocycles. The molecule has 2 aromatic carbocycles. The average molecular weight is 250 g/mol. The summed E-state index contributed by atoms with van der Waals surface area (Å²) in [6.45, 7) is 0.678. The highest BCUT2D eigenvalue weighted by Gasteiger charge is 2.29. The number of hydrogen-bond acceptors (Lipinski definition) is 3. The van der Waals surface area contributed by atoms with E-state index in [-0.39, 0.29) is 11.7 Å². The van der Waals surface area contributed by atoms with Gasteiger partial charge in [0.25, 0.3) is 0 Å². The molecule has 1 aliphatic heterocycles. The minimum Gasteiger partial charge on any atom is -0.309 e. The molecule has 0 fully saturated rings. The van der Waals surface area contributed by atoms with Crippen LogP contribution in [-0.4, -0.2) is 18.0 Å². The highest BCUT2D eigenvalue weighted by molar-refractivity contribution is 6.48. The van der Waals surface area contributed by atoms with Crippen LogP contribution in [-0.2, 0) is 0 Å². The first kappa shape index (κ1) is 11.7. The molecule has 1 N–H and O–H groups in total. The molecule has 1 heterocycles. The number of nitrogens with zero attached hydrogens (tertiary/aromatic N) is 1. The number of Topliss-reactive ketones (excluding diaryl/α,β-unsaturated/α-hetero) is 1. The lowest BCUT2D eigenvalue weighted by Gasteiger charge is -2.11. The van der Waals surface area contributed by atoms with Gasteiger partial charge in [-0.2, -0.15) is 5.10 Å². The zero-order valence-corrected chi connectivity index (χ0v) is 10.4. The van der Waals surface area contributed by atoms with Gasteiger partial charge < -0.3 is 5.43 Å². The number of ketones is 1. The molecule has 0 bridgehead atoms. The number of hydrazone groups is 1. The third-order valence-electron chi connectivity index (χ3n) is 3.30. The number of carbonyl (C=O) groups is 1. The van der Waals surface area contributed by atoms with Crippen molar-refractivity contribution >= 4 is 11.5 Å². The summed E-state index contributed by atoms with van der Waals surface area (Å²) in [5.74, 6) is 0.0355. The average Bonchev–Trinajstić information content (AvgIpc) is 2.98. The van der Waals surface area contributed by atoms with E-state index in [4.69, 9.17) is 0 Å². The first-order chi connectivity index (χ1) is 9.36. The Bertz CT molecular complexity index is 605. The summed E-state index contributed by atoms with van der Waals surface area (Å²) >= 11 is 0. The van der Waals surface area contributed by atoms with Crippen LogP contribution in [0.1, 0.15) is 21.8 Å². The first-order valence-electron chi connectivity index (χ1n) is 6.31. The summed E-state index contributed by atoms with van der Waals surface area (Å²) < 4.78 is 0. The molecule has 2 aromatic rings. The number of hydrogen-bond donors (Lipinski definition) is 1. The second kappa shape index (κ2) is 5.06. The van der Waals surface area contributed by atoms with Crippen LogP contribution in [0.15, 0.2) is 65.8 Å². The van der Waals surface area contributed by atoms with Crippen LogP contribution in [0.25, 0.3) is 0 Å². The van der Waals surface area contributed by atoms with E-state index in [2.05, 4.69) is 10.5 Å². The SMILES string of the molecule is O=C(C1=NNCC1c1ccccc1)c1ccccc1. The first-order valence-corrected chi connectivity index (χ1v) is 6.31. The Morgan fingerprint density at radius 1 is 1.00 bits per heavy atom. The maximum Gasteiger partial charge on any atom is 0.209 e. The summed E-state index contributed by atoms with van der Waals surface area (Å²) in [7, 11) is 0. The Morgan fingerprint density at radius 2 is 1.63 bits per heavy atom. The fourth-order valence-corrected chi connectivity index (χ4v) is 2.30. The van der Waals surface area contributed by atoms with Crippen LogP contribution in [0.2, 0.25) is 0 Å². The molecule has 19 heavy (non-hydrogen) atoms. The third kappa shape index (κ3) is 2.27. The molecule has 0 amide bonds. The Hall–Kier alpha value is -2.42. The van der Waals surface area contributed by atoms with Crippen LogP contribution >= 0.6 is 0 Å². The highest BCUT2D eigenvalue weighted by Crippen LogP contribution is 2.22. The second-order valence-electron chi connectivity index (χ2n) is 4.52. The van der Waals surface area contributed by atoms with Gasteiger partial charge in [-0.1, -0.05) is 60.7 Å². The normalized spacial score (nSPS) is 17.7. The van der Waals surface area contributed by atoms with Gasteiger partial charge in [0.1, 0.15) is 5.71 Å². The lowest BCUT2D eigenvalue weighted by atomic mass is 9.90. The molecule has 1 unspecified atom stereocenters. The standard InChI is InChI=1S/C16H14N2O/c19-16(13-9-5-2-6-10-13)15-14(11-17-18-15)12-7-3-1-4-8-12/h1-10,14,17H,11H2. The minimum atomic E-state index is -0.000506. The van der Waals surface area contributed by atoms with E-state index in [0.717, 1.165) is 5.56 Å². The fraction of sp³-hybridized carbons (Fsp3) is 0.125. The number of nitrogens with one attached hydrogen (secondary N) is 1. The van der Waals surface area contributed by atoms with Crippen LogP contribution in [0.3, 0.4) is 0 Å². The predicted molar refractivity (Wildman–Crippen MR) is 75.4 cm³/mol.